The number of nitrogens with two attached hydrogens (primary N) is 1. The maximum atomic E-state index is 8.01. The van der Waals surface area contributed by atoms with Crippen LogP contribution in [0.4, 0.5) is 5.69 Å². The van der Waals surface area contributed by atoms with Crippen LogP contribution in [0, 0.1) is 5.41 Å². The number of nitrogen functional groups attached to an aromatic ring is 1. The molecule has 0 atom stereocenters. The van der Waals surface area contributed by atoms with Crippen LogP contribution in [0.3, 0.4) is 0 Å². The highest BCUT2D eigenvalue weighted by molar-refractivity contribution is 7.21. The first-order valence-electron chi connectivity index (χ1n) is 9.16. The predicted molar refractivity (Wildman–Crippen MR) is 120 cm³/mol. The predicted octanol–water partition coefficient (Wildman–Crippen LogP) is 6.40. The number of anilines is 1. The third kappa shape index (κ3) is 2.86. The molecule has 1 aliphatic heterocycles. The molecule has 5 rings (SSSR count). The number of hydrogen-bond donors (Lipinski definition) is 2. The summed E-state index contributed by atoms with van der Waals surface area (Å²) >= 11 is 1.69. The van der Waals surface area contributed by atoms with Crippen LogP contribution in [0.15, 0.2) is 91.0 Å². The Balaban J connectivity index is 1.76. The maximum absolute atomic E-state index is 8.01. The van der Waals surface area contributed by atoms with Gasteiger partial charge >= 0.3 is 0 Å². The van der Waals surface area contributed by atoms with Crippen LogP contribution in [0.2, 0.25) is 0 Å². The summed E-state index contributed by atoms with van der Waals surface area (Å²) in [4.78, 5) is 1.10. The fourth-order valence-electron chi connectivity index (χ4n) is 3.68. The third-order valence-electron chi connectivity index (χ3n) is 5.03. The molecule has 2 aliphatic rings. The lowest BCUT2D eigenvalue weighted by Gasteiger charge is -2.16. The second-order valence-electron chi connectivity index (χ2n) is 6.89. The molecule has 3 aromatic carbocycles. The van der Waals surface area contributed by atoms with Gasteiger partial charge in [-0.3, -0.25) is 0 Å². The van der Waals surface area contributed by atoms with Gasteiger partial charge in [0.15, 0.2) is 0 Å². The summed E-state index contributed by atoms with van der Waals surface area (Å²) in [6.45, 7) is 0. The SMILES string of the molecule is N=c1ccc2c(-c3ccc(-c4ccccc4)cc3)c3ccc(N)cc3sc-2c1. The second kappa shape index (κ2) is 6.63. The van der Waals surface area contributed by atoms with Crippen LogP contribution in [-0.4, -0.2) is 0 Å². The van der Waals surface area contributed by atoms with Gasteiger partial charge < -0.3 is 11.1 Å². The van der Waals surface area contributed by atoms with Crippen molar-refractivity contribution in [2.45, 2.75) is 0 Å². The maximum Gasteiger partial charge on any atom is 0.0554 e. The Morgan fingerprint density at radius 1 is 0.679 bits per heavy atom. The van der Waals surface area contributed by atoms with E-state index in [0.717, 1.165) is 15.3 Å². The molecule has 0 bridgehead atoms. The van der Waals surface area contributed by atoms with E-state index in [2.05, 4.69) is 60.7 Å². The van der Waals surface area contributed by atoms with E-state index in [1.165, 1.54) is 33.2 Å². The van der Waals surface area contributed by atoms with Gasteiger partial charge in [-0.2, -0.15) is 0 Å². The third-order valence-corrected chi connectivity index (χ3v) is 6.14. The Bertz CT molecular complexity index is 1320. The molecule has 1 heterocycles. The molecule has 28 heavy (non-hydrogen) atoms. The number of rotatable bonds is 2. The molecule has 2 nitrogen and oxygen atoms in total. The summed E-state index contributed by atoms with van der Waals surface area (Å²) in [5, 5.41) is 9.72. The van der Waals surface area contributed by atoms with Gasteiger partial charge in [0.1, 0.15) is 0 Å². The number of hydrogen-bond acceptors (Lipinski definition) is 3. The fraction of sp³-hybridized carbons (Fsp3) is 0. The summed E-state index contributed by atoms with van der Waals surface area (Å²) < 4.78 is 1.14. The van der Waals surface area contributed by atoms with Crippen molar-refractivity contribution in [3.8, 4) is 32.7 Å². The lowest BCUT2D eigenvalue weighted by atomic mass is 9.94. The molecule has 0 fully saturated rings. The fourth-order valence-corrected chi connectivity index (χ4v) is 4.86. The van der Waals surface area contributed by atoms with Gasteiger partial charge in [-0.25, -0.2) is 0 Å². The van der Waals surface area contributed by atoms with Crippen LogP contribution in [0.25, 0.3) is 42.8 Å². The molecular weight excluding hydrogens is 360 g/mol. The van der Waals surface area contributed by atoms with E-state index in [-0.39, 0.29) is 0 Å². The van der Waals surface area contributed by atoms with Crippen molar-refractivity contribution in [1.82, 2.24) is 0 Å². The Labute approximate surface area is 167 Å². The Morgan fingerprint density at radius 2 is 1.39 bits per heavy atom. The lowest BCUT2D eigenvalue weighted by Crippen LogP contribution is -1.99. The average molecular weight is 379 g/mol. The highest BCUT2D eigenvalue weighted by Crippen LogP contribution is 2.43. The van der Waals surface area contributed by atoms with Crippen molar-refractivity contribution in [3.63, 3.8) is 0 Å². The monoisotopic (exact) mass is 378 g/mol. The first kappa shape index (κ1) is 16.7. The van der Waals surface area contributed by atoms with Crippen molar-refractivity contribution in [2.24, 2.45) is 0 Å². The number of fused-ring (bicyclic) bond motifs is 2. The zero-order valence-corrected chi connectivity index (χ0v) is 16.0. The Kier molecular flexibility index (Phi) is 3.96. The molecule has 3 heteroatoms. The van der Waals surface area contributed by atoms with Crippen molar-refractivity contribution >= 4 is 27.1 Å². The van der Waals surface area contributed by atoms with Gasteiger partial charge in [-0.1, -0.05) is 66.7 Å². The molecule has 0 amide bonds. The van der Waals surface area contributed by atoms with E-state index in [1.807, 2.05) is 30.3 Å². The highest BCUT2D eigenvalue weighted by atomic mass is 32.1. The minimum Gasteiger partial charge on any atom is -0.399 e. The Morgan fingerprint density at radius 3 is 2.18 bits per heavy atom. The van der Waals surface area contributed by atoms with Crippen LogP contribution < -0.4 is 11.1 Å². The van der Waals surface area contributed by atoms with Crippen LogP contribution in [-0.2, 0) is 0 Å². The van der Waals surface area contributed by atoms with Crippen LogP contribution in [0.5, 0.6) is 0 Å². The van der Waals surface area contributed by atoms with Gasteiger partial charge in [-0.15, -0.1) is 11.3 Å². The molecule has 0 radical (unpaired) electrons. The molecule has 0 unspecified atom stereocenters. The largest absolute Gasteiger partial charge is 0.399 e. The van der Waals surface area contributed by atoms with Crippen LogP contribution >= 0.6 is 11.3 Å². The molecule has 3 aromatic rings. The summed E-state index contributed by atoms with van der Waals surface area (Å²) in [6.07, 6.45) is 0. The zero-order chi connectivity index (χ0) is 19.1. The standard InChI is InChI=1S/C25H18N2S/c26-19-10-12-21-23(14-19)28-24-15-20(27)11-13-22(24)25(21)18-8-6-17(7-9-18)16-4-2-1-3-5-16/h1-15,26H,27H2. The molecule has 1 aliphatic carbocycles. The van der Waals surface area contributed by atoms with E-state index in [0.29, 0.717) is 5.36 Å². The normalized spacial score (nSPS) is 11.1. The smallest absolute Gasteiger partial charge is 0.0554 e. The summed E-state index contributed by atoms with van der Waals surface area (Å²) in [5.74, 6) is 0. The number of nitrogens with one attached hydrogen (secondary N) is 1. The molecule has 0 saturated heterocycles. The van der Waals surface area contributed by atoms with Crippen molar-refractivity contribution in [1.29, 1.82) is 5.41 Å². The Hall–Kier alpha value is -3.43. The molecule has 3 N–H and O–H groups in total. The molecule has 0 aromatic heterocycles. The van der Waals surface area contributed by atoms with Gasteiger partial charge in [0.25, 0.3) is 0 Å². The second-order valence-corrected chi connectivity index (χ2v) is 7.97. The van der Waals surface area contributed by atoms with Gasteiger partial charge in [0.2, 0.25) is 0 Å². The number of benzene rings is 4. The van der Waals surface area contributed by atoms with E-state index in [9.17, 15) is 0 Å². The van der Waals surface area contributed by atoms with Crippen molar-refractivity contribution < 1.29 is 0 Å². The summed E-state index contributed by atoms with van der Waals surface area (Å²) in [7, 11) is 0. The van der Waals surface area contributed by atoms with E-state index >= 15 is 0 Å². The highest BCUT2D eigenvalue weighted by Gasteiger charge is 2.15. The molecule has 0 spiro atoms. The van der Waals surface area contributed by atoms with E-state index in [1.54, 1.807) is 11.3 Å². The minimum atomic E-state index is 0.525. The average Bonchev–Trinajstić information content (AvgIpc) is 2.72. The van der Waals surface area contributed by atoms with Crippen LogP contribution in [0.1, 0.15) is 0 Å². The van der Waals surface area contributed by atoms with Gasteiger partial charge in [0, 0.05) is 26.2 Å². The van der Waals surface area contributed by atoms with Gasteiger partial charge in [0.05, 0.1) is 5.36 Å². The van der Waals surface area contributed by atoms with Gasteiger partial charge in [-0.05, 0) is 46.5 Å². The van der Waals surface area contributed by atoms with E-state index in [4.69, 9.17) is 11.1 Å². The molecular formula is C25H18N2S. The zero-order valence-electron chi connectivity index (χ0n) is 15.1. The molecule has 0 saturated carbocycles. The van der Waals surface area contributed by atoms with Crippen molar-refractivity contribution in [2.75, 3.05) is 5.73 Å². The first-order valence-corrected chi connectivity index (χ1v) is 9.97. The minimum absolute atomic E-state index is 0.525. The topological polar surface area (TPSA) is 49.9 Å². The van der Waals surface area contributed by atoms with E-state index < -0.39 is 0 Å². The quantitative estimate of drug-likeness (QED) is 0.271. The first-order chi connectivity index (χ1) is 13.7. The van der Waals surface area contributed by atoms with Crippen molar-refractivity contribution in [3.05, 3.63) is 96.4 Å². The lowest BCUT2D eigenvalue weighted by molar-refractivity contribution is 1.28. The summed E-state index contributed by atoms with van der Waals surface area (Å²) in [6, 6.07) is 31.1. The molecule has 134 valence electrons. The summed E-state index contributed by atoms with van der Waals surface area (Å²) in [5.41, 5.74) is 12.8.